The van der Waals surface area contributed by atoms with Gasteiger partial charge in [-0.2, -0.15) is 0 Å². The highest BCUT2D eigenvalue weighted by Crippen LogP contribution is 2.33. The monoisotopic (exact) mass is 437 g/mol. The van der Waals surface area contributed by atoms with Gasteiger partial charge in [0, 0.05) is 18.5 Å². The van der Waals surface area contributed by atoms with Crippen LogP contribution in [-0.4, -0.2) is 72.9 Å². The van der Waals surface area contributed by atoms with Crippen molar-refractivity contribution in [3.05, 3.63) is 12.2 Å². The number of carbonyl (C=O) groups excluding carboxylic acids is 2. The predicted octanol–water partition coefficient (Wildman–Crippen LogP) is 1.67. The Bertz CT molecular complexity index is 623. The molecule has 2 rings (SSSR count). The van der Waals surface area contributed by atoms with E-state index < -0.39 is 42.0 Å². The number of halogens is 3. The maximum Gasteiger partial charge on any atom is 0.522 e. The molecule has 1 saturated heterocycles. The van der Waals surface area contributed by atoms with Crippen LogP contribution in [0.15, 0.2) is 12.2 Å². The van der Waals surface area contributed by atoms with Crippen molar-refractivity contribution in [3.63, 3.8) is 0 Å². The van der Waals surface area contributed by atoms with Gasteiger partial charge >= 0.3 is 12.4 Å². The normalized spacial score (nSPS) is 25.0. The minimum Gasteiger partial charge on any atom is -0.396 e. The molecule has 1 fully saturated rings. The third kappa shape index (κ3) is 7.13. The molecule has 0 bridgehead atoms. The Labute approximate surface area is 173 Å². The fraction of sp³-hybridized carbons (Fsp3) is 0.789. The summed E-state index contributed by atoms with van der Waals surface area (Å²) in [5.74, 6) is -0.478. The van der Waals surface area contributed by atoms with Gasteiger partial charge in [0.15, 0.2) is 0 Å². The van der Waals surface area contributed by atoms with E-state index in [0.29, 0.717) is 6.42 Å². The van der Waals surface area contributed by atoms with E-state index >= 15 is 0 Å². The molecule has 3 unspecified atom stereocenters. The number of nitrogens with two attached hydrogens (primary N) is 1. The molecule has 4 N–H and O–H groups in total. The number of nitrogens with zero attached hydrogens (tertiary/aromatic N) is 1. The number of likely N-dealkylation sites (tertiary alicyclic amines) is 1. The molecule has 1 aliphatic heterocycles. The molecule has 0 radical (unpaired) electrons. The number of rotatable bonds is 8. The zero-order valence-electron chi connectivity index (χ0n) is 17.0. The van der Waals surface area contributed by atoms with E-state index in [4.69, 9.17) is 10.5 Å². The Morgan fingerprint density at radius 1 is 1.33 bits per heavy atom. The van der Waals surface area contributed by atoms with Crippen molar-refractivity contribution < 1.29 is 37.3 Å². The topological polar surface area (TPSA) is 114 Å². The number of amides is 3. The summed E-state index contributed by atoms with van der Waals surface area (Å²) in [6, 6.07) is -1.99. The first-order valence-electron chi connectivity index (χ1n) is 10.0. The number of nitrogens with one attached hydrogen (secondary N) is 1. The zero-order valence-corrected chi connectivity index (χ0v) is 17.0. The highest BCUT2D eigenvalue weighted by atomic mass is 19.4. The molecule has 1 aliphatic carbocycles. The highest BCUT2D eigenvalue weighted by Gasteiger charge is 2.38. The van der Waals surface area contributed by atoms with Gasteiger partial charge in [0.25, 0.3) is 0 Å². The van der Waals surface area contributed by atoms with E-state index in [1.54, 1.807) is 6.92 Å². The SMILES string of the molecule is CC(OCC1(CO)CC=CCC1)C(NC(N)=O)C(=O)N1CCC(OC(F)(F)F)CC1. The first-order chi connectivity index (χ1) is 14.1. The summed E-state index contributed by atoms with van der Waals surface area (Å²) in [7, 11) is 0. The molecule has 30 heavy (non-hydrogen) atoms. The van der Waals surface area contributed by atoms with Gasteiger partial charge in [-0.25, -0.2) is 4.79 Å². The number of allylic oxidation sites excluding steroid dienone is 2. The van der Waals surface area contributed by atoms with Crippen molar-refractivity contribution in [3.8, 4) is 0 Å². The van der Waals surface area contributed by atoms with E-state index in [1.807, 2.05) is 12.2 Å². The van der Waals surface area contributed by atoms with Gasteiger partial charge in [0.1, 0.15) is 6.04 Å². The Morgan fingerprint density at radius 3 is 2.50 bits per heavy atom. The lowest BCUT2D eigenvalue weighted by atomic mass is 9.78. The Hall–Kier alpha value is -1.85. The van der Waals surface area contributed by atoms with Crippen molar-refractivity contribution in [2.75, 3.05) is 26.3 Å². The highest BCUT2D eigenvalue weighted by molar-refractivity contribution is 5.87. The summed E-state index contributed by atoms with van der Waals surface area (Å²) in [6.45, 7) is 1.87. The van der Waals surface area contributed by atoms with Crippen molar-refractivity contribution in [1.29, 1.82) is 0 Å². The van der Waals surface area contributed by atoms with Crippen molar-refractivity contribution >= 4 is 11.9 Å². The largest absolute Gasteiger partial charge is 0.522 e. The minimum absolute atomic E-state index is 0.0315. The zero-order chi connectivity index (χ0) is 22.4. The van der Waals surface area contributed by atoms with Crippen LogP contribution >= 0.6 is 0 Å². The molecule has 0 saturated carbocycles. The lowest BCUT2D eigenvalue weighted by Gasteiger charge is -2.37. The van der Waals surface area contributed by atoms with Crippen molar-refractivity contribution in [2.45, 2.75) is 63.6 Å². The van der Waals surface area contributed by atoms with Crippen LogP contribution in [0.3, 0.4) is 0 Å². The fourth-order valence-corrected chi connectivity index (χ4v) is 3.78. The van der Waals surface area contributed by atoms with Gasteiger partial charge < -0.3 is 25.8 Å². The fourth-order valence-electron chi connectivity index (χ4n) is 3.78. The number of carbonyl (C=O) groups is 2. The van der Waals surface area contributed by atoms with Gasteiger partial charge in [-0.3, -0.25) is 9.53 Å². The van der Waals surface area contributed by atoms with E-state index in [1.165, 1.54) is 4.90 Å². The lowest BCUT2D eigenvalue weighted by Crippen LogP contribution is -2.57. The Balaban J connectivity index is 1.96. The average molecular weight is 437 g/mol. The van der Waals surface area contributed by atoms with Crippen LogP contribution in [0.1, 0.15) is 39.0 Å². The van der Waals surface area contributed by atoms with Crippen LogP contribution in [-0.2, 0) is 14.3 Å². The molecule has 0 aromatic heterocycles. The van der Waals surface area contributed by atoms with Crippen LogP contribution in [0.25, 0.3) is 0 Å². The van der Waals surface area contributed by atoms with Gasteiger partial charge in [0.05, 0.1) is 25.4 Å². The number of primary amides is 1. The second-order valence-electron chi connectivity index (χ2n) is 7.96. The molecule has 3 amide bonds. The molecular weight excluding hydrogens is 407 g/mol. The summed E-state index contributed by atoms with van der Waals surface area (Å²) < 4.78 is 47.0. The number of ether oxygens (including phenoxy) is 2. The quantitative estimate of drug-likeness (QED) is 0.500. The first kappa shape index (κ1) is 24.4. The Kier molecular flexibility index (Phi) is 8.51. The van der Waals surface area contributed by atoms with E-state index in [2.05, 4.69) is 10.1 Å². The third-order valence-corrected chi connectivity index (χ3v) is 5.63. The van der Waals surface area contributed by atoms with Crippen molar-refractivity contribution in [2.24, 2.45) is 11.1 Å². The summed E-state index contributed by atoms with van der Waals surface area (Å²) in [5.41, 5.74) is 4.76. The smallest absolute Gasteiger partial charge is 0.396 e. The molecular formula is C19H30F3N3O5. The second-order valence-corrected chi connectivity index (χ2v) is 7.96. The van der Waals surface area contributed by atoms with Gasteiger partial charge in [0.2, 0.25) is 5.91 Å². The molecule has 172 valence electrons. The average Bonchev–Trinajstić information content (AvgIpc) is 2.69. The molecule has 3 atom stereocenters. The number of alkyl halides is 3. The summed E-state index contributed by atoms with van der Waals surface area (Å²) in [5, 5.41) is 12.2. The number of hydrogen-bond acceptors (Lipinski definition) is 5. The number of piperidine rings is 1. The molecule has 8 nitrogen and oxygen atoms in total. The van der Waals surface area contributed by atoms with Crippen LogP contribution in [0.5, 0.6) is 0 Å². The van der Waals surface area contributed by atoms with Crippen LogP contribution in [0.4, 0.5) is 18.0 Å². The second kappa shape index (κ2) is 10.5. The predicted molar refractivity (Wildman–Crippen MR) is 101 cm³/mol. The molecule has 11 heteroatoms. The molecule has 0 aromatic carbocycles. The number of urea groups is 1. The van der Waals surface area contributed by atoms with Crippen LogP contribution < -0.4 is 11.1 Å². The lowest BCUT2D eigenvalue weighted by molar-refractivity contribution is -0.345. The number of aliphatic hydroxyl groups excluding tert-OH is 1. The maximum atomic E-state index is 12.9. The van der Waals surface area contributed by atoms with E-state index in [9.17, 15) is 27.9 Å². The Morgan fingerprint density at radius 2 is 2.00 bits per heavy atom. The summed E-state index contributed by atoms with van der Waals surface area (Å²) in [4.78, 5) is 25.7. The van der Waals surface area contributed by atoms with Gasteiger partial charge in [-0.05, 0) is 39.0 Å². The first-order valence-corrected chi connectivity index (χ1v) is 10.0. The van der Waals surface area contributed by atoms with Gasteiger partial charge in [-0.15, -0.1) is 13.2 Å². The third-order valence-electron chi connectivity index (χ3n) is 5.63. The standard InChI is InChI=1S/C19H30F3N3O5/c1-13(29-12-18(11-26)7-3-2-4-8-18)15(24-17(23)28)16(27)25-9-5-14(6-10-25)30-19(20,21)22/h2-3,13-15,26H,4-12H2,1H3,(H3,23,24,28). The minimum atomic E-state index is -4.72. The maximum absolute atomic E-state index is 12.9. The number of aliphatic hydroxyl groups is 1. The van der Waals surface area contributed by atoms with Crippen molar-refractivity contribution in [1.82, 2.24) is 10.2 Å². The summed E-state index contributed by atoms with van der Waals surface area (Å²) >= 11 is 0. The van der Waals surface area contributed by atoms with Crippen LogP contribution in [0.2, 0.25) is 0 Å². The van der Waals surface area contributed by atoms with Crippen LogP contribution in [0, 0.1) is 5.41 Å². The van der Waals surface area contributed by atoms with E-state index in [-0.39, 0.29) is 39.1 Å². The molecule has 0 aromatic rings. The summed E-state index contributed by atoms with van der Waals surface area (Å²) in [6.07, 6.45) is -0.200. The van der Waals surface area contributed by atoms with Gasteiger partial charge in [-0.1, -0.05) is 12.2 Å². The molecule has 2 aliphatic rings. The molecule has 1 heterocycles. The molecule has 0 spiro atoms. The number of hydrogen-bond donors (Lipinski definition) is 3. The van der Waals surface area contributed by atoms with E-state index in [0.717, 1.165) is 12.8 Å².